The average Bonchev–Trinajstić information content (AvgIpc) is 2.76. The van der Waals surface area contributed by atoms with Gasteiger partial charge in [-0.15, -0.1) is 0 Å². The standard InChI is InChI=1S/C15H29N3O/c1-11(2)18(12(3)4)15(19)10-17-7-5-6-13-8-16-9-14(13)17/h11-14,16H,5-10H2,1-4H3. The van der Waals surface area contributed by atoms with Gasteiger partial charge in [-0.25, -0.2) is 0 Å². The first-order valence-electron chi connectivity index (χ1n) is 7.76. The van der Waals surface area contributed by atoms with Crippen LogP contribution in [-0.4, -0.2) is 60.0 Å². The summed E-state index contributed by atoms with van der Waals surface area (Å²) in [5, 5.41) is 3.48. The fourth-order valence-electron chi connectivity index (χ4n) is 3.79. The molecule has 0 aromatic heterocycles. The minimum Gasteiger partial charge on any atom is -0.337 e. The zero-order valence-corrected chi connectivity index (χ0v) is 12.9. The second-order valence-corrected chi connectivity index (χ2v) is 6.59. The van der Waals surface area contributed by atoms with Gasteiger partial charge in [-0.2, -0.15) is 0 Å². The summed E-state index contributed by atoms with van der Waals surface area (Å²) in [7, 11) is 0. The summed E-state index contributed by atoms with van der Waals surface area (Å²) in [6.07, 6.45) is 2.56. The van der Waals surface area contributed by atoms with Crippen LogP contribution in [0.2, 0.25) is 0 Å². The Balaban J connectivity index is 1.97. The number of rotatable bonds is 4. The largest absolute Gasteiger partial charge is 0.337 e. The van der Waals surface area contributed by atoms with Gasteiger partial charge in [0.1, 0.15) is 0 Å². The lowest BCUT2D eigenvalue weighted by molar-refractivity contribution is -0.137. The van der Waals surface area contributed by atoms with Gasteiger partial charge in [0.25, 0.3) is 0 Å². The molecule has 2 heterocycles. The van der Waals surface area contributed by atoms with Gasteiger partial charge in [-0.05, 0) is 59.5 Å². The third-order valence-corrected chi connectivity index (χ3v) is 4.53. The Morgan fingerprint density at radius 2 is 1.95 bits per heavy atom. The third-order valence-electron chi connectivity index (χ3n) is 4.53. The van der Waals surface area contributed by atoms with Gasteiger partial charge in [-0.3, -0.25) is 9.69 Å². The molecule has 0 aromatic carbocycles. The van der Waals surface area contributed by atoms with Crippen LogP contribution < -0.4 is 5.32 Å². The van der Waals surface area contributed by atoms with Crippen LogP contribution in [-0.2, 0) is 4.79 Å². The van der Waals surface area contributed by atoms with Gasteiger partial charge >= 0.3 is 0 Å². The number of carbonyl (C=O) groups is 1. The number of piperidine rings is 1. The number of hydrogen-bond donors (Lipinski definition) is 1. The van der Waals surface area contributed by atoms with Gasteiger partial charge in [0.05, 0.1) is 6.54 Å². The first-order valence-corrected chi connectivity index (χ1v) is 7.76. The highest BCUT2D eigenvalue weighted by Crippen LogP contribution is 2.26. The SMILES string of the molecule is CC(C)N(C(=O)CN1CCCC2CNCC21)C(C)C. The smallest absolute Gasteiger partial charge is 0.237 e. The van der Waals surface area contributed by atoms with E-state index in [-0.39, 0.29) is 18.0 Å². The van der Waals surface area contributed by atoms with Crippen LogP contribution in [0.4, 0.5) is 0 Å². The number of nitrogens with zero attached hydrogens (tertiary/aromatic N) is 2. The molecule has 0 aliphatic carbocycles. The maximum atomic E-state index is 12.5. The van der Waals surface area contributed by atoms with E-state index in [2.05, 4.69) is 37.9 Å². The predicted octanol–water partition coefficient (Wildman–Crippen LogP) is 1.32. The lowest BCUT2D eigenvalue weighted by Crippen LogP contribution is -2.52. The number of nitrogens with one attached hydrogen (secondary N) is 1. The molecular weight excluding hydrogens is 238 g/mol. The summed E-state index contributed by atoms with van der Waals surface area (Å²) in [4.78, 5) is 17.0. The van der Waals surface area contributed by atoms with E-state index in [1.54, 1.807) is 0 Å². The molecule has 2 fully saturated rings. The second-order valence-electron chi connectivity index (χ2n) is 6.59. The molecule has 2 aliphatic rings. The molecule has 110 valence electrons. The topological polar surface area (TPSA) is 35.6 Å². The van der Waals surface area contributed by atoms with Crippen molar-refractivity contribution in [3.05, 3.63) is 0 Å². The molecule has 1 amide bonds. The number of fused-ring (bicyclic) bond motifs is 1. The highest BCUT2D eigenvalue weighted by molar-refractivity contribution is 5.79. The Kier molecular flexibility index (Phi) is 4.85. The molecule has 2 atom stereocenters. The number of hydrogen-bond acceptors (Lipinski definition) is 3. The number of likely N-dealkylation sites (tertiary alicyclic amines) is 1. The van der Waals surface area contributed by atoms with Crippen molar-refractivity contribution in [3.63, 3.8) is 0 Å². The van der Waals surface area contributed by atoms with Crippen molar-refractivity contribution in [1.82, 2.24) is 15.1 Å². The van der Waals surface area contributed by atoms with Crippen molar-refractivity contribution < 1.29 is 4.79 Å². The summed E-state index contributed by atoms with van der Waals surface area (Å²) < 4.78 is 0. The zero-order valence-electron chi connectivity index (χ0n) is 12.9. The minimum absolute atomic E-state index is 0.287. The van der Waals surface area contributed by atoms with E-state index in [1.807, 2.05) is 4.90 Å². The molecule has 4 heteroatoms. The van der Waals surface area contributed by atoms with Gasteiger partial charge < -0.3 is 10.2 Å². The fourth-order valence-corrected chi connectivity index (χ4v) is 3.79. The molecular formula is C15H29N3O. The number of amides is 1. The van der Waals surface area contributed by atoms with Crippen LogP contribution in [0, 0.1) is 5.92 Å². The normalized spacial score (nSPS) is 27.9. The first kappa shape index (κ1) is 14.8. The summed E-state index contributed by atoms with van der Waals surface area (Å²) in [6, 6.07) is 1.16. The molecule has 0 bridgehead atoms. The van der Waals surface area contributed by atoms with Crippen molar-refractivity contribution in [2.24, 2.45) is 5.92 Å². The summed E-state index contributed by atoms with van der Waals surface area (Å²) in [5.41, 5.74) is 0. The van der Waals surface area contributed by atoms with E-state index in [1.165, 1.54) is 12.8 Å². The Labute approximate surface area is 117 Å². The van der Waals surface area contributed by atoms with Crippen LogP contribution in [0.15, 0.2) is 0 Å². The zero-order chi connectivity index (χ0) is 14.0. The van der Waals surface area contributed by atoms with Crippen molar-refractivity contribution in [1.29, 1.82) is 0 Å². The van der Waals surface area contributed by atoms with E-state index in [0.717, 1.165) is 25.6 Å². The third kappa shape index (κ3) is 3.29. The molecule has 2 unspecified atom stereocenters. The number of carbonyl (C=O) groups excluding carboxylic acids is 1. The van der Waals surface area contributed by atoms with Crippen LogP contribution >= 0.6 is 0 Å². The molecule has 0 spiro atoms. The Bertz CT molecular complexity index is 309. The highest BCUT2D eigenvalue weighted by atomic mass is 16.2. The van der Waals surface area contributed by atoms with E-state index in [9.17, 15) is 4.79 Å². The lowest BCUT2D eigenvalue weighted by atomic mass is 9.92. The van der Waals surface area contributed by atoms with Crippen molar-refractivity contribution in [2.45, 2.75) is 58.7 Å². The summed E-state index contributed by atoms with van der Waals surface area (Å²) >= 11 is 0. The van der Waals surface area contributed by atoms with Crippen LogP contribution in [0.1, 0.15) is 40.5 Å². The van der Waals surface area contributed by atoms with Crippen LogP contribution in [0.5, 0.6) is 0 Å². The lowest BCUT2D eigenvalue weighted by Gasteiger charge is -2.39. The highest BCUT2D eigenvalue weighted by Gasteiger charge is 2.36. The van der Waals surface area contributed by atoms with Gasteiger partial charge in [0, 0.05) is 24.7 Å². The molecule has 2 aliphatic heterocycles. The van der Waals surface area contributed by atoms with Crippen molar-refractivity contribution >= 4 is 5.91 Å². The summed E-state index contributed by atoms with van der Waals surface area (Å²) in [6.45, 7) is 12.3. The monoisotopic (exact) mass is 267 g/mol. The van der Waals surface area contributed by atoms with E-state index >= 15 is 0 Å². The average molecular weight is 267 g/mol. The first-order chi connectivity index (χ1) is 9.00. The summed E-state index contributed by atoms with van der Waals surface area (Å²) in [5.74, 6) is 1.05. The molecule has 19 heavy (non-hydrogen) atoms. The molecule has 0 saturated carbocycles. The van der Waals surface area contributed by atoms with E-state index < -0.39 is 0 Å². The van der Waals surface area contributed by atoms with Crippen LogP contribution in [0.25, 0.3) is 0 Å². The van der Waals surface area contributed by atoms with Gasteiger partial charge in [0.15, 0.2) is 0 Å². The molecule has 0 aromatic rings. The quantitative estimate of drug-likeness (QED) is 0.834. The maximum Gasteiger partial charge on any atom is 0.237 e. The Hall–Kier alpha value is -0.610. The predicted molar refractivity (Wildman–Crippen MR) is 78.1 cm³/mol. The second kappa shape index (κ2) is 6.23. The molecule has 0 radical (unpaired) electrons. The van der Waals surface area contributed by atoms with Crippen molar-refractivity contribution in [3.8, 4) is 0 Å². The van der Waals surface area contributed by atoms with Gasteiger partial charge in [-0.1, -0.05) is 0 Å². The minimum atomic E-state index is 0.287. The van der Waals surface area contributed by atoms with Crippen LogP contribution in [0.3, 0.4) is 0 Å². The molecule has 2 saturated heterocycles. The van der Waals surface area contributed by atoms with Crippen molar-refractivity contribution in [2.75, 3.05) is 26.2 Å². The Morgan fingerprint density at radius 1 is 1.26 bits per heavy atom. The maximum absolute atomic E-state index is 12.5. The molecule has 1 N–H and O–H groups in total. The molecule has 4 nitrogen and oxygen atoms in total. The van der Waals surface area contributed by atoms with E-state index in [0.29, 0.717) is 12.6 Å². The van der Waals surface area contributed by atoms with Gasteiger partial charge in [0.2, 0.25) is 5.91 Å². The molecule has 2 rings (SSSR count). The van der Waals surface area contributed by atoms with E-state index in [4.69, 9.17) is 0 Å². The fraction of sp³-hybridized carbons (Fsp3) is 0.933. The Morgan fingerprint density at radius 3 is 2.58 bits per heavy atom.